The molecule has 1 N–H and O–H groups in total. The predicted octanol–water partition coefficient (Wildman–Crippen LogP) is 3.48. The van der Waals surface area contributed by atoms with Crippen LogP contribution in [0.5, 0.6) is 5.75 Å². The molecule has 3 rings (SSSR count). The summed E-state index contributed by atoms with van der Waals surface area (Å²) in [6.07, 6.45) is 7.96. The molecule has 1 aromatic carbocycles. The molecule has 21 heavy (non-hydrogen) atoms. The average Bonchev–Trinajstić information content (AvgIpc) is 3.00. The van der Waals surface area contributed by atoms with Crippen molar-refractivity contribution in [3.8, 4) is 5.75 Å². The Labute approximate surface area is 128 Å². The third-order valence-electron chi connectivity index (χ3n) is 5.10. The van der Waals surface area contributed by atoms with Gasteiger partial charge < -0.3 is 14.8 Å². The van der Waals surface area contributed by atoms with Gasteiger partial charge in [0.05, 0.1) is 18.8 Å². The minimum absolute atomic E-state index is 0.260. The van der Waals surface area contributed by atoms with Crippen molar-refractivity contribution in [1.29, 1.82) is 0 Å². The lowest BCUT2D eigenvalue weighted by Crippen LogP contribution is -2.37. The first-order chi connectivity index (χ1) is 10.3. The zero-order chi connectivity index (χ0) is 14.7. The van der Waals surface area contributed by atoms with Crippen molar-refractivity contribution < 1.29 is 9.47 Å². The van der Waals surface area contributed by atoms with Crippen LogP contribution in [0.1, 0.15) is 49.3 Å². The molecule has 1 fully saturated rings. The molecule has 1 aromatic rings. The molecule has 2 unspecified atom stereocenters. The van der Waals surface area contributed by atoms with Gasteiger partial charge in [-0.1, -0.05) is 31.4 Å². The predicted molar refractivity (Wildman–Crippen MR) is 84.8 cm³/mol. The molecule has 3 heteroatoms. The van der Waals surface area contributed by atoms with E-state index in [1.54, 1.807) is 0 Å². The van der Waals surface area contributed by atoms with Crippen molar-refractivity contribution in [2.24, 2.45) is 5.92 Å². The Balaban J connectivity index is 1.81. The molecule has 1 aliphatic heterocycles. The van der Waals surface area contributed by atoms with Gasteiger partial charge in [-0.25, -0.2) is 0 Å². The van der Waals surface area contributed by atoms with E-state index in [0.29, 0.717) is 5.92 Å². The number of fused-ring (bicyclic) bond motifs is 1. The van der Waals surface area contributed by atoms with Gasteiger partial charge in [0.1, 0.15) is 5.75 Å². The molecule has 0 amide bonds. The average molecular weight is 289 g/mol. The standard InChI is InChI=1S/C18H27NO2/c1-19-17(18(20-2)13-6-4-3-5-7-13)15-8-9-16-14(12-15)10-11-21-16/h8-9,12-13,17-19H,3-7,10-11H2,1-2H3. The Morgan fingerprint density at radius 3 is 2.76 bits per heavy atom. The maximum atomic E-state index is 5.92. The molecule has 0 bridgehead atoms. The lowest BCUT2D eigenvalue weighted by atomic mass is 9.80. The van der Waals surface area contributed by atoms with E-state index in [2.05, 4.69) is 23.5 Å². The Bertz CT molecular complexity index is 468. The number of hydrogen-bond donors (Lipinski definition) is 1. The highest BCUT2D eigenvalue weighted by molar-refractivity contribution is 5.41. The SMILES string of the molecule is CNC(c1ccc2c(c1)CCO2)C(OC)C1CCCCC1. The van der Waals surface area contributed by atoms with Crippen LogP contribution < -0.4 is 10.1 Å². The first-order valence-corrected chi connectivity index (χ1v) is 8.29. The molecule has 0 aromatic heterocycles. The van der Waals surface area contributed by atoms with Gasteiger partial charge >= 0.3 is 0 Å². The Morgan fingerprint density at radius 2 is 2.05 bits per heavy atom. The Hall–Kier alpha value is -1.06. The molecule has 1 heterocycles. The largest absolute Gasteiger partial charge is 0.493 e. The van der Waals surface area contributed by atoms with Crippen LogP contribution in [0.25, 0.3) is 0 Å². The maximum absolute atomic E-state index is 5.92. The molecular formula is C18H27NO2. The van der Waals surface area contributed by atoms with E-state index in [9.17, 15) is 0 Å². The summed E-state index contributed by atoms with van der Waals surface area (Å²) in [7, 11) is 3.91. The topological polar surface area (TPSA) is 30.5 Å². The van der Waals surface area contributed by atoms with Crippen LogP contribution in [0.4, 0.5) is 0 Å². The number of rotatable bonds is 5. The van der Waals surface area contributed by atoms with E-state index in [1.165, 1.54) is 43.2 Å². The third kappa shape index (κ3) is 3.09. The van der Waals surface area contributed by atoms with Crippen LogP contribution in [-0.4, -0.2) is 26.9 Å². The third-order valence-corrected chi connectivity index (χ3v) is 5.10. The fourth-order valence-electron chi connectivity index (χ4n) is 3.98. The number of methoxy groups -OCH3 is 1. The van der Waals surface area contributed by atoms with E-state index in [0.717, 1.165) is 18.8 Å². The van der Waals surface area contributed by atoms with Gasteiger partial charge in [0, 0.05) is 13.5 Å². The lowest BCUT2D eigenvalue weighted by molar-refractivity contribution is 0.00940. The monoisotopic (exact) mass is 289 g/mol. The van der Waals surface area contributed by atoms with Crippen LogP contribution in [0.15, 0.2) is 18.2 Å². The number of nitrogens with one attached hydrogen (secondary N) is 1. The summed E-state index contributed by atoms with van der Waals surface area (Å²) in [5.41, 5.74) is 2.67. The van der Waals surface area contributed by atoms with Crippen molar-refractivity contribution in [3.63, 3.8) is 0 Å². The van der Waals surface area contributed by atoms with Crippen LogP contribution >= 0.6 is 0 Å². The smallest absolute Gasteiger partial charge is 0.122 e. The van der Waals surface area contributed by atoms with Gasteiger partial charge in [-0.2, -0.15) is 0 Å². The first kappa shape index (κ1) is 14.9. The summed E-state index contributed by atoms with van der Waals surface area (Å²) in [5.74, 6) is 1.73. The van der Waals surface area contributed by atoms with Gasteiger partial charge in [-0.05, 0) is 43.0 Å². The maximum Gasteiger partial charge on any atom is 0.122 e. The molecule has 0 saturated heterocycles. The fraction of sp³-hybridized carbons (Fsp3) is 0.667. The highest BCUT2D eigenvalue weighted by atomic mass is 16.5. The quantitative estimate of drug-likeness (QED) is 0.900. The summed E-state index contributed by atoms with van der Waals surface area (Å²) >= 11 is 0. The van der Waals surface area contributed by atoms with Crippen LogP contribution in [0, 0.1) is 5.92 Å². The van der Waals surface area contributed by atoms with Crippen LogP contribution in [-0.2, 0) is 11.2 Å². The first-order valence-electron chi connectivity index (χ1n) is 8.29. The minimum atomic E-state index is 0.260. The summed E-state index contributed by atoms with van der Waals surface area (Å²) in [5, 5.41) is 3.49. The molecule has 3 nitrogen and oxygen atoms in total. The highest BCUT2D eigenvalue weighted by Crippen LogP contribution is 2.36. The second-order valence-electron chi connectivity index (χ2n) is 6.33. The van der Waals surface area contributed by atoms with Gasteiger partial charge in [-0.3, -0.25) is 0 Å². The second-order valence-corrected chi connectivity index (χ2v) is 6.33. The Kier molecular flexibility index (Phi) is 4.81. The molecular weight excluding hydrogens is 262 g/mol. The van der Waals surface area contributed by atoms with Gasteiger partial charge in [0.25, 0.3) is 0 Å². The summed E-state index contributed by atoms with van der Waals surface area (Å²) in [4.78, 5) is 0. The van der Waals surface area contributed by atoms with Crippen molar-refractivity contribution in [3.05, 3.63) is 29.3 Å². The van der Waals surface area contributed by atoms with Crippen LogP contribution in [0.2, 0.25) is 0 Å². The zero-order valence-corrected chi connectivity index (χ0v) is 13.2. The molecule has 2 aliphatic rings. The Morgan fingerprint density at radius 1 is 1.24 bits per heavy atom. The molecule has 2 atom stereocenters. The summed E-state index contributed by atoms with van der Waals surface area (Å²) in [6.45, 7) is 0.819. The molecule has 116 valence electrons. The van der Waals surface area contributed by atoms with Crippen molar-refractivity contribution >= 4 is 0 Å². The van der Waals surface area contributed by atoms with Gasteiger partial charge in [-0.15, -0.1) is 0 Å². The van der Waals surface area contributed by atoms with E-state index < -0.39 is 0 Å². The second kappa shape index (κ2) is 6.80. The van der Waals surface area contributed by atoms with E-state index in [4.69, 9.17) is 9.47 Å². The molecule has 1 aliphatic carbocycles. The summed E-state index contributed by atoms with van der Waals surface area (Å²) < 4.78 is 11.5. The number of hydrogen-bond acceptors (Lipinski definition) is 3. The van der Waals surface area contributed by atoms with Gasteiger partial charge in [0.2, 0.25) is 0 Å². The van der Waals surface area contributed by atoms with E-state index >= 15 is 0 Å². The molecule has 0 spiro atoms. The van der Waals surface area contributed by atoms with Gasteiger partial charge in [0.15, 0.2) is 0 Å². The number of likely N-dealkylation sites (N-methyl/N-ethyl adjacent to an activating group) is 1. The molecule has 1 saturated carbocycles. The van der Waals surface area contributed by atoms with Crippen LogP contribution in [0.3, 0.4) is 0 Å². The van der Waals surface area contributed by atoms with Crippen molar-refractivity contribution in [2.75, 3.05) is 20.8 Å². The van der Waals surface area contributed by atoms with Crippen molar-refractivity contribution in [2.45, 2.75) is 50.7 Å². The molecule has 0 radical (unpaired) electrons. The number of ether oxygens (including phenoxy) is 2. The number of benzene rings is 1. The summed E-state index contributed by atoms with van der Waals surface area (Å²) in [6, 6.07) is 6.89. The zero-order valence-electron chi connectivity index (χ0n) is 13.2. The highest BCUT2D eigenvalue weighted by Gasteiger charge is 2.31. The lowest BCUT2D eigenvalue weighted by Gasteiger charge is -2.35. The van der Waals surface area contributed by atoms with E-state index in [1.807, 2.05) is 14.2 Å². The minimum Gasteiger partial charge on any atom is -0.493 e. The van der Waals surface area contributed by atoms with Crippen molar-refractivity contribution in [1.82, 2.24) is 5.32 Å². The fourth-order valence-corrected chi connectivity index (χ4v) is 3.98. The normalized spacial score (nSPS) is 21.6. The van der Waals surface area contributed by atoms with E-state index in [-0.39, 0.29) is 12.1 Å².